The van der Waals surface area contributed by atoms with Crippen LogP contribution in [0.15, 0.2) is 58.1 Å². The van der Waals surface area contributed by atoms with Gasteiger partial charge in [0.05, 0.1) is 10.9 Å². The second kappa shape index (κ2) is 8.32. The molecule has 162 valence electrons. The van der Waals surface area contributed by atoms with Crippen molar-refractivity contribution in [3.63, 3.8) is 0 Å². The molecule has 0 saturated carbocycles. The van der Waals surface area contributed by atoms with Gasteiger partial charge in [-0.2, -0.15) is 0 Å². The van der Waals surface area contributed by atoms with Crippen LogP contribution in [0.25, 0.3) is 10.9 Å². The first kappa shape index (κ1) is 20.0. The van der Waals surface area contributed by atoms with E-state index in [1.807, 2.05) is 36.4 Å². The molecule has 5 rings (SSSR count). The molecule has 2 aliphatic rings. The fourth-order valence-electron chi connectivity index (χ4n) is 4.93. The van der Waals surface area contributed by atoms with Crippen LogP contribution < -0.4 is 16.0 Å². The molecular weight excluding hydrogens is 394 g/mol. The van der Waals surface area contributed by atoms with Crippen LogP contribution in [0.5, 0.6) is 5.75 Å². The highest BCUT2D eigenvalue weighted by atomic mass is 16.5. The average molecular weight is 421 g/mol. The molecule has 0 unspecified atom stereocenters. The normalized spacial score (nSPS) is 20.9. The van der Waals surface area contributed by atoms with E-state index in [2.05, 4.69) is 16.0 Å². The van der Waals surface area contributed by atoms with Crippen molar-refractivity contribution in [2.45, 2.75) is 43.9 Å². The lowest BCUT2D eigenvalue weighted by Gasteiger charge is -2.36. The molecule has 1 fully saturated rings. The number of hydrogen-bond donors (Lipinski definition) is 2. The maximum Gasteiger partial charge on any atom is 0.329 e. The molecular formula is C24H27N3O4. The predicted molar refractivity (Wildman–Crippen MR) is 119 cm³/mol. The molecule has 0 amide bonds. The number of aromatic amines is 1. The number of benzene rings is 2. The fraction of sp³-hybridized carbons (Fsp3) is 0.417. The highest BCUT2D eigenvalue weighted by Gasteiger charge is 2.30. The van der Waals surface area contributed by atoms with E-state index in [4.69, 9.17) is 4.74 Å². The molecule has 0 aliphatic carbocycles. The van der Waals surface area contributed by atoms with Crippen molar-refractivity contribution in [3.05, 3.63) is 74.9 Å². The highest BCUT2D eigenvalue weighted by molar-refractivity contribution is 5.77. The van der Waals surface area contributed by atoms with E-state index >= 15 is 0 Å². The third-order valence-corrected chi connectivity index (χ3v) is 6.59. The van der Waals surface area contributed by atoms with Gasteiger partial charge in [0.2, 0.25) is 0 Å². The molecule has 7 heteroatoms. The number of ether oxygens (including phenoxy) is 1. The van der Waals surface area contributed by atoms with E-state index in [0.29, 0.717) is 17.4 Å². The summed E-state index contributed by atoms with van der Waals surface area (Å²) in [6, 6.07) is 15.3. The number of rotatable bonds is 4. The third-order valence-electron chi connectivity index (χ3n) is 6.59. The summed E-state index contributed by atoms with van der Waals surface area (Å²) in [4.78, 5) is 29.4. The van der Waals surface area contributed by atoms with Crippen molar-refractivity contribution < 1.29 is 9.84 Å². The smallest absolute Gasteiger partial charge is 0.329 e. The number of aryl methyl sites for hydroxylation is 1. The summed E-state index contributed by atoms with van der Waals surface area (Å²) in [6.45, 7) is 2.12. The second-order valence-electron chi connectivity index (χ2n) is 8.55. The average Bonchev–Trinajstić information content (AvgIpc) is 2.80. The zero-order valence-electron chi connectivity index (χ0n) is 17.4. The van der Waals surface area contributed by atoms with E-state index in [1.54, 1.807) is 10.6 Å². The van der Waals surface area contributed by atoms with Gasteiger partial charge >= 0.3 is 5.69 Å². The number of para-hydroxylation sites is 2. The van der Waals surface area contributed by atoms with Gasteiger partial charge in [0.1, 0.15) is 18.0 Å². The molecule has 31 heavy (non-hydrogen) atoms. The lowest BCUT2D eigenvalue weighted by Crippen LogP contribution is -2.46. The Morgan fingerprint density at radius 1 is 1.03 bits per heavy atom. The van der Waals surface area contributed by atoms with Crippen LogP contribution in [0.3, 0.4) is 0 Å². The minimum atomic E-state index is -0.554. The van der Waals surface area contributed by atoms with Crippen LogP contribution in [0, 0.1) is 0 Å². The van der Waals surface area contributed by atoms with E-state index in [-0.39, 0.29) is 23.4 Å². The first-order valence-electron chi connectivity index (χ1n) is 11.0. The number of hydrogen-bond acceptors (Lipinski definition) is 5. The lowest BCUT2D eigenvalue weighted by atomic mass is 9.98. The van der Waals surface area contributed by atoms with Crippen LogP contribution in [-0.4, -0.2) is 51.4 Å². The summed E-state index contributed by atoms with van der Waals surface area (Å²) in [5, 5.41) is 11.3. The number of aliphatic hydroxyl groups excluding tert-OH is 1. The Labute approximate surface area is 179 Å². The first-order chi connectivity index (χ1) is 15.1. The molecule has 2 N–H and O–H groups in total. The van der Waals surface area contributed by atoms with Crippen molar-refractivity contribution in [1.82, 2.24) is 14.5 Å². The minimum absolute atomic E-state index is 0.0282. The number of fused-ring (bicyclic) bond motifs is 2. The van der Waals surface area contributed by atoms with Gasteiger partial charge in [-0.15, -0.1) is 0 Å². The van der Waals surface area contributed by atoms with E-state index in [0.717, 1.165) is 44.5 Å². The second-order valence-corrected chi connectivity index (χ2v) is 8.55. The van der Waals surface area contributed by atoms with Crippen LogP contribution in [0.1, 0.15) is 30.9 Å². The van der Waals surface area contributed by atoms with Crippen LogP contribution in [0.4, 0.5) is 0 Å². The van der Waals surface area contributed by atoms with Gasteiger partial charge in [0, 0.05) is 25.7 Å². The van der Waals surface area contributed by atoms with Crippen molar-refractivity contribution in [3.8, 4) is 5.75 Å². The molecule has 1 aromatic heterocycles. The maximum atomic E-state index is 12.6. The zero-order chi connectivity index (χ0) is 21.4. The Balaban J connectivity index is 1.24. The van der Waals surface area contributed by atoms with Crippen molar-refractivity contribution >= 4 is 10.9 Å². The highest BCUT2D eigenvalue weighted by Crippen LogP contribution is 2.29. The van der Waals surface area contributed by atoms with Crippen molar-refractivity contribution in [2.24, 2.45) is 0 Å². The van der Waals surface area contributed by atoms with Gasteiger partial charge in [-0.1, -0.05) is 30.3 Å². The van der Waals surface area contributed by atoms with Gasteiger partial charge < -0.3 is 14.7 Å². The molecule has 0 radical (unpaired) electrons. The third kappa shape index (κ3) is 3.91. The minimum Gasteiger partial charge on any atom is -0.487 e. The molecule has 1 saturated heterocycles. The summed E-state index contributed by atoms with van der Waals surface area (Å²) in [5.41, 5.74) is 1.19. The summed E-state index contributed by atoms with van der Waals surface area (Å²) >= 11 is 0. The van der Waals surface area contributed by atoms with Gasteiger partial charge in [-0.05, 0) is 49.4 Å². The number of aliphatic hydroxyl groups is 1. The van der Waals surface area contributed by atoms with Gasteiger partial charge in [0.15, 0.2) is 0 Å². The first-order valence-corrected chi connectivity index (χ1v) is 11.0. The summed E-state index contributed by atoms with van der Waals surface area (Å²) in [5.74, 6) is 0.876. The predicted octanol–water partition coefficient (Wildman–Crippen LogP) is 2.08. The van der Waals surface area contributed by atoms with E-state index < -0.39 is 6.10 Å². The fourth-order valence-corrected chi connectivity index (χ4v) is 4.93. The molecule has 7 nitrogen and oxygen atoms in total. The summed E-state index contributed by atoms with van der Waals surface area (Å²) < 4.78 is 7.77. The number of likely N-dealkylation sites (tertiary alicyclic amines) is 1. The van der Waals surface area contributed by atoms with Gasteiger partial charge in [-0.3, -0.25) is 14.3 Å². The van der Waals surface area contributed by atoms with Crippen LogP contribution >= 0.6 is 0 Å². The quantitative estimate of drug-likeness (QED) is 0.674. The Bertz CT molecular complexity index is 1190. The SMILES string of the molecule is O=c1[nH]c(=O)n(C2CCN(C[C@H](O)[C@H]3CCc4ccccc4O3)CC2)c2ccccc12. The van der Waals surface area contributed by atoms with E-state index in [1.165, 1.54) is 5.56 Å². The molecule has 2 atom stereocenters. The Hall–Kier alpha value is -2.90. The largest absolute Gasteiger partial charge is 0.487 e. The molecule has 0 spiro atoms. The molecule has 3 aromatic rings. The molecule has 3 heterocycles. The van der Waals surface area contributed by atoms with Gasteiger partial charge in [-0.25, -0.2) is 4.79 Å². The summed E-state index contributed by atoms with van der Waals surface area (Å²) in [6.07, 6.45) is 2.56. The topological polar surface area (TPSA) is 87.6 Å². The van der Waals surface area contributed by atoms with Crippen LogP contribution in [-0.2, 0) is 6.42 Å². The maximum absolute atomic E-state index is 12.6. The molecule has 2 aromatic carbocycles. The number of piperidine rings is 1. The number of nitrogens with zero attached hydrogens (tertiary/aromatic N) is 2. The monoisotopic (exact) mass is 421 g/mol. The molecule has 2 aliphatic heterocycles. The zero-order valence-corrected chi connectivity index (χ0v) is 17.4. The summed E-state index contributed by atoms with van der Waals surface area (Å²) in [7, 11) is 0. The number of β-amino-alcohol motifs (C(OH)–C–C–N with tert-alkyl or cyclic N) is 1. The lowest BCUT2D eigenvalue weighted by molar-refractivity contribution is -0.00361. The Kier molecular flexibility index (Phi) is 5.38. The Morgan fingerprint density at radius 3 is 2.61 bits per heavy atom. The Morgan fingerprint density at radius 2 is 1.77 bits per heavy atom. The van der Waals surface area contributed by atoms with Crippen LogP contribution in [0.2, 0.25) is 0 Å². The van der Waals surface area contributed by atoms with Crippen molar-refractivity contribution in [2.75, 3.05) is 19.6 Å². The number of aromatic nitrogens is 2. The van der Waals surface area contributed by atoms with Crippen molar-refractivity contribution in [1.29, 1.82) is 0 Å². The number of nitrogens with one attached hydrogen (secondary N) is 1. The number of H-pyrrole nitrogens is 1. The standard InChI is InChI=1S/C24H27N3O4/c28-20(22-10-9-16-5-1-4-8-21(16)31-22)15-26-13-11-17(12-14-26)27-19-7-3-2-6-18(19)23(29)25-24(27)30/h1-8,17,20,22,28H,9-15H2,(H,25,29,30)/t20-,22+/m0/s1. The molecule has 0 bridgehead atoms. The van der Waals surface area contributed by atoms with Gasteiger partial charge in [0.25, 0.3) is 5.56 Å². The van der Waals surface area contributed by atoms with E-state index in [9.17, 15) is 14.7 Å².